The summed E-state index contributed by atoms with van der Waals surface area (Å²) >= 11 is 7.45. The fourth-order valence-electron chi connectivity index (χ4n) is 3.10. The summed E-state index contributed by atoms with van der Waals surface area (Å²) in [5.41, 5.74) is 0. The van der Waals surface area contributed by atoms with Gasteiger partial charge in [-0.05, 0) is 6.42 Å². The minimum atomic E-state index is -0.425. The lowest BCUT2D eigenvalue weighted by molar-refractivity contribution is -0.169. The summed E-state index contributed by atoms with van der Waals surface area (Å²) in [6.07, 6.45) is 2.37. The van der Waals surface area contributed by atoms with E-state index < -0.39 is 5.79 Å². The highest BCUT2D eigenvalue weighted by Gasteiger charge is 2.40. The highest BCUT2D eigenvalue weighted by Crippen LogP contribution is 2.33. The number of carbonyl (C=O) groups excluding carboxylic acids is 1. The fraction of sp³-hybridized carbons (Fsp3) is 0.706. The van der Waals surface area contributed by atoms with Crippen LogP contribution in [0.4, 0.5) is 5.82 Å². The summed E-state index contributed by atoms with van der Waals surface area (Å²) in [6.45, 7) is 4.09. The van der Waals surface area contributed by atoms with Crippen LogP contribution in [0.1, 0.15) is 19.3 Å². The molecular formula is C17H25ClN4O4S. The third-order valence-corrected chi connectivity index (χ3v) is 5.54. The molecule has 1 aromatic heterocycles. The molecule has 2 aliphatic rings. The van der Waals surface area contributed by atoms with E-state index in [0.29, 0.717) is 36.7 Å². The number of halogens is 1. The van der Waals surface area contributed by atoms with Gasteiger partial charge in [0.1, 0.15) is 11.0 Å². The predicted molar refractivity (Wildman–Crippen MR) is 103 cm³/mol. The third-order valence-electron chi connectivity index (χ3n) is 4.50. The summed E-state index contributed by atoms with van der Waals surface area (Å²) < 4.78 is 16.5. The standard InChI is InChI=1S/C17H25ClN4O4S/c1-24-8-2-5-19-15(23)12-27-16-20-13(18)11-14(21-16)22-6-3-17(4-7-22)25-9-10-26-17/h11H,2-10,12H2,1H3,(H,19,23). The lowest BCUT2D eigenvalue weighted by Crippen LogP contribution is -2.45. The van der Waals surface area contributed by atoms with E-state index in [1.807, 2.05) is 0 Å². The van der Waals surface area contributed by atoms with Crippen LogP contribution in [0.15, 0.2) is 11.2 Å². The van der Waals surface area contributed by atoms with E-state index in [1.54, 1.807) is 13.2 Å². The van der Waals surface area contributed by atoms with Crippen LogP contribution < -0.4 is 10.2 Å². The number of ether oxygens (including phenoxy) is 3. The van der Waals surface area contributed by atoms with Gasteiger partial charge in [0.15, 0.2) is 10.9 Å². The van der Waals surface area contributed by atoms with Crippen molar-refractivity contribution in [3.63, 3.8) is 0 Å². The summed E-state index contributed by atoms with van der Waals surface area (Å²) in [4.78, 5) is 22.8. The van der Waals surface area contributed by atoms with E-state index in [1.165, 1.54) is 11.8 Å². The Kier molecular flexibility index (Phi) is 7.54. The van der Waals surface area contributed by atoms with Gasteiger partial charge in [-0.15, -0.1) is 0 Å². The Balaban J connectivity index is 1.51. The molecule has 3 rings (SSSR count). The summed E-state index contributed by atoms with van der Waals surface area (Å²) in [5, 5.41) is 3.71. The van der Waals surface area contributed by atoms with Crippen LogP contribution in [-0.2, 0) is 19.0 Å². The fourth-order valence-corrected chi connectivity index (χ4v) is 4.01. The van der Waals surface area contributed by atoms with E-state index in [4.69, 9.17) is 25.8 Å². The second-order valence-electron chi connectivity index (χ2n) is 6.41. The molecule has 0 atom stereocenters. The molecule has 10 heteroatoms. The Morgan fingerprint density at radius 1 is 1.37 bits per heavy atom. The smallest absolute Gasteiger partial charge is 0.230 e. The number of anilines is 1. The average molecular weight is 417 g/mol. The van der Waals surface area contributed by atoms with E-state index in [2.05, 4.69) is 20.2 Å². The maximum atomic E-state index is 11.9. The second kappa shape index (κ2) is 9.88. The van der Waals surface area contributed by atoms with Crippen LogP contribution in [0.25, 0.3) is 0 Å². The van der Waals surface area contributed by atoms with Gasteiger partial charge >= 0.3 is 0 Å². The van der Waals surface area contributed by atoms with Gasteiger partial charge < -0.3 is 24.4 Å². The molecule has 150 valence electrons. The number of methoxy groups -OCH3 is 1. The number of hydrogen-bond acceptors (Lipinski definition) is 8. The van der Waals surface area contributed by atoms with Gasteiger partial charge in [0.25, 0.3) is 0 Å². The number of nitrogens with one attached hydrogen (secondary N) is 1. The Morgan fingerprint density at radius 2 is 2.11 bits per heavy atom. The van der Waals surface area contributed by atoms with Crippen molar-refractivity contribution in [2.24, 2.45) is 0 Å². The molecule has 27 heavy (non-hydrogen) atoms. The molecule has 1 spiro atoms. The van der Waals surface area contributed by atoms with Crippen LogP contribution in [0.3, 0.4) is 0 Å². The molecule has 2 saturated heterocycles. The van der Waals surface area contributed by atoms with Gasteiger partial charge in [0, 0.05) is 52.3 Å². The third kappa shape index (κ3) is 5.92. The molecular weight excluding hydrogens is 392 g/mol. The van der Waals surface area contributed by atoms with E-state index in [9.17, 15) is 4.79 Å². The van der Waals surface area contributed by atoms with Crippen molar-refractivity contribution in [2.75, 3.05) is 57.2 Å². The van der Waals surface area contributed by atoms with Crippen LogP contribution in [-0.4, -0.2) is 74.0 Å². The van der Waals surface area contributed by atoms with Gasteiger partial charge in [-0.25, -0.2) is 9.97 Å². The van der Waals surface area contributed by atoms with E-state index in [0.717, 1.165) is 38.2 Å². The molecule has 0 unspecified atom stereocenters. The Labute approximate surface area is 168 Å². The second-order valence-corrected chi connectivity index (χ2v) is 7.74. The Hall–Kier alpha value is -1.13. The topological polar surface area (TPSA) is 85.8 Å². The van der Waals surface area contributed by atoms with Gasteiger partial charge in [-0.3, -0.25) is 4.79 Å². The van der Waals surface area contributed by atoms with Crippen LogP contribution in [0, 0.1) is 0 Å². The molecule has 0 bridgehead atoms. The highest BCUT2D eigenvalue weighted by atomic mass is 35.5. The number of rotatable bonds is 8. The summed E-state index contributed by atoms with van der Waals surface area (Å²) in [7, 11) is 1.64. The van der Waals surface area contributed by atoms with Gasteiger partial charge in [-0.1, -0.05) is 23.4 Å². The minimum absolute atomic E-state index is 0.0586. The van der Waals surface area contributed by atoms with Gasteiger partial charge in [0.05, 0.1) is 19.0 Å². The number of piperidine rings is 1. The first-order valence-electron chi connectivity index (χ1n) is 9.06. The normalized spacial score (nSPS) is 18.8. The zero-order valence-electron chi connectivity index (χ0n) is 15.4. The van der Waals surface area contributed by atoms with Crippen molar-refractivity contribution in [1.82, 2.24) is 15.3 Å². The largest absolute Gasteiger partial charge is 0.385 e. The monoisotopic (exact) mass is 416 g/mol. The first kappa shape index (κ1) is 20.6. The molecule has 1 amide bonds. The number of carbonyl (C=O) groups is 1. The van der Waals surface area contributed by atoms with Gasteiger partial charge in [0.2, 0.25) is 5.91 Å². The molecule has 2 aliphatic heterocycles. The van der Waals surface area contributed by atoms with Crippen LogP contribution in [0.5, 0.6) is 0 Å². The first-order chi connectivity index (χ1) is 13.1. The Morgan fingerprint density at radius 3 is 2.81 bits per heavy atom. The van der Waals surface area contributed by atoms with Crippen molar-refractivity contribution < 1.29 is 19.0 Å². The van der Waals surface area contributed by atoms with Crippen LogP contribution in [0.2, 0.25) is 5.15 Å². The maximum Gasteiger partial charge on any atom is 0.230 e. The Bertz CT molecular complexity index is 635. The minimum Gasteiger partial charge on any atom is -0.385 e. The van der Waals surface area contributed by atoms with Crippen molar-refractivity contribution >= 4 is 35.1 Å². The molecule has 3 heterocycles. The zero-order chi connectivity index (χ0) is 19.1. The highest BCUT2D eigenvalue weighted by molar-refractivity contribution is 7.99. The average Bonchev–Trinajstić information content (AvgIpc) is 3.12. The summed E-state index contributed by atoms with van der Waals surface area (Å²) in [6, 6.07) is 1.75. The molecule has 0 saturated carbocycles. The molecule has 2 fully saturated rings. The molecule has 8 nitrogen and oxygen atoms in total. The molecule has 0 aromatic carbocycles. The summed E-state index contributed by atoms with van der Waals surface area (Å²) in [5.74, 6) is 0.533. The van der Waals surface area contributed by atoms with Gasteiger partial charge in [-0.2, -0.15) is 0 Å². The molecule has 1 N–H and O–H groups in total. The molecule has 0 aliphatic carbocycles. The van der Waals surface area contributed by atoms with E-state index in [-0.39, 0.29) is 11.7 Å². The molecule has 0 radical (unpaired) electrons. The van der Waals surface area contributed by atoms with Crippen molar-refractivity contribution in [1.29, 1.82) is 0 Å². The molecule has 1 aromatic rings. The first-order valence-corrected chi connectivity index (χ1v) is 10.4. The zero-order valence-corrected chi connectivity index (χ0v) is 17.0. The maximum absolute atomic E-state index is 11.9. The number of hydrogen-bond donors (Lipinski definition) is 1. The lowest BCUT2D eigenvalue weighted by atomic mass is 10.0. The lowest BCUT2D eigenvalue weighted by Gasteiger charge is -2.38. The SMILES string of the molecule is COCCCNC(=O)CSc1nc(Cl)cc(N2CCC3(CC2)OCCO3)n1. The van der Waals surface area contributed by atoms with Crippen molar-refractivity contribution in [2.45, 2.75) is 30.2 Å². The predicted octanol–water partition coefficient (Wildman–Crippen LogP) is 1.72. The quantitative estimate of drug-likeness (QED) is 0.297. The van der Waals surface area contributed by atoms with Crippen molar-refractivity contribution in [3.8, 4) is 0 Å². The van der Waals surface area contributed by atoms with Crippen molar-refractivity contribution in [3.05, 3.63) is 11.2 Å². The number of thioether (sulfide) groups is 1. The number of aromatic nitrogens is 2. The van der Waals surface area contributed by atoms with Crippen LogP contribution >= 0.6 is 23.4 Å². The van der Waals surface area contributed by atoms with E-state index >= 15 is 0 Å². The number of amides is 1. The number of nitrogens with zero attached hydrogens (tertiary/aromatic N) is 3.